The van der Waals surface area contributed by atoms with Gasteiger partial charge in [0.1, 0.15) is 5.82 Å². The molecule has 0 spiro atoms. The van der Waals surface area contributed by atoms with Crippen LogP contribution in [0.1, 0.15) is 24.2 Å². The minimum atomic E-state index is -0.483. The largest absolute Gasteiger partial charge is 0.397 e. The van der Waals surface area contributed by atoms with Crippen molar-refractivity contribution < 1.29 is 4.79 Å². The van der Waals surface area contributed by atoms with Crippen LogP contribution < -0.4 is 16.4 Å². The van der Waals surface area contributed by atoms with E-state index in [1.807, 2.05) is 11.8 Å². The first-order valence-corrected chi connectivity index (χ1v) is 6.87. The maximum Gasteiger partial charge on any atom is 0.252 e. The Kier molecular flexibility index (Phi) is 3.65. The van der Waals surface area contributed by atoms with E-state index in [4.69, 9.17) is 11.5 Å². The van der Waals surface area contributed by atoms with Gasteiger partial charge in [0.2, 0.25) is 0 Å². The highest BCUT2D eigenvalue weighted by atomic mass is 32.2. The molecule has 0 radical (unpaired) electrons. The fourth-order valence-corrected chi connectivity index (χ4v) is 3.58. The van der Waals surface area contributed by atoms with Crippen LogP contribution in [0.25, 0.3) is 0 Å². The summed E-state index contributed by atoms with van der Waals surface area (Å²) in [7, 11) is 0. The average molecular weight is 266 g/mol. The number of primary amides is 1. The highest BCUT2D eigenvalue weighted by Crippen LogP contribution is 2.29. The Morgan fingerprint density at radius 3 is 2.61 bits per heavy atom. The number of hydrogen-bond donors (Lipinski definition) is 2. The van der Waals surface area contributed by atoms with E-state index >= 15 is 0 Å². The number of anilines is 2. The third-order valence-corrected chi connectivity index (χ3v) is 4.10. The molecule has 18 heavy (non-hydrogen) atoms. The van der Waals surface area contributed by atoms with Gasteiger partial charge in [-0.05, 0) is 6.07 Å². The molecule has 5 nitrogen and oxygen atoms in total. The van der Waals surface area contributed by atoms with Gasteiger partial charge in [0.15, 0.2) is 0 Å². The molecule has 0 aromatic carbocycles. The van der Waals surface area contributed by atoms with Crippen molar-refractivity contribution in [1.29, 1.82) is 0 Å². The van der Waals surface area contributed by atoms with Crippen molar-refractivity contribution in [2.75, 3.05) is 23.7 Å². The molecular weight excluding hydrogens is 248 g/mol. The summed E-state index contributed by atoms with van der Waals surface area (Å²) in [6.45, 7) is 6.08. The number of nitrogens with zero attached hydrogens (tertiary/aromatic N) is 2. The summed E-state index contributed by atoms with van der Waals surface area (Å²) in [4.78, 5) is 17.9. The lowest BCUT2D eigenvalue weighted by molar-refractivity contribution is 0.100. The van der Waals surface area contributed by atoms with Crippen LogP contribution in [0, 0.1) is 0 Å². The molecule has 4 N–H and O–H groups in total. The zero-order valence-electron chi connectivity index (χ0n) is 10.6. The first kappa shape index (κ1) is 13.0. The van der Waals surface area contributed by atoms with E-state index < -0.39 is 5.91 Å². The second-order valence-corrected chi connectivity index (χ2v) is 6.55. The number of nitrogen functional groups attached to an aromatic ring is 1. The lowest BCUT2D eigenvalue weighted by Gasteiger charge is -2.36. The second kappa shape index (κ2) is 5.06. The van der Waals surface area contributed by atoms with Crippen molar-refractivity contribution in [3.8, 4) is 0 Å². The maximum atomic E-state index is 11.5. The van der Waals surface area contributed by atoms with Crippen molar-refractivity contribution in [3.05, 3.63) is 17.8 Å². The first-order valence-electron chi connectivity index (χ1n) is 5.93. The molecule has 2 heterocycles. The van der Waals surface area contributed by atoms with Crippen molar-refractivity contribution >= 4 is 29.2 Å². The van der Waals surface area contributed by atoms with E-state index in [9.17, 15) is 4.79 Å². The van der Waals surface area contributed by atoms with Crippen LogP contribution in [0.5, 0.6) is 0 Å². The smallest absolute Gasteiger partial charge is 0.252 e. The third-order valence-electron chi connectivity index (χ3n) is 2.87. The summed E-state index contributed by atoms with van der Waals surface area (Å²) in [5.74, 6) is 0.166. The molecule has 1 fully saturated rings. The number of thioether (sulfide) groups is 1. The van der Waals surface area contributed by atoms with Crippen LogP contribution in [0.2, 0.25) is 0 Å². The molecule has 98 valence electrons. The Bertz CT molecular complexity index is 455. The minimum Gasteiger partial charge on any atom is -0.397 e. The molecule has 1 aromatic heterocycles. The topological polar surface area (TPSA) is 85.2 Å². The van der Waals surface area contributed by atoms with Gasteiger partial charge >= 0.3 is 0 Å². The zero-order valence-corrected chi connectivity index (χ0v) is 11.4. The SMILES string of the molecule is CC1CN(c2ncc(N)cc2C(N)=O)CC(C)S1. The van der Waals surface area contributed by atoms with Crippen molar-refractivity contribution in [3.63, 3.8) is 0 Å². The van der Waals surface area contributed by atoms with Gasteiger partial charge in [-0.2, -0.15) is 11.8 Å². The van der Waals surface area contributed by atoms with Crippen LogP contribution in [0.3, 0.4) is 0 Å². The molecule has 1 aromatic rings. The highest BCUT2D eigenvalue weighted by molar-refractivity contribution is 8.00. The standard InChI is InChI=1S/C12H18N4OS/c1-7-5-16(6-8(2)18-7)12-10(11(14)17)3-9(13)4-15-12/h3-4,7-8H,5-6,13H2,1-2H3,(H2,14,17). The summed E-state index contributed by atoms with van der Waals surface area (Å²) in [6.07, 6.45) is 1.57. The van der Waals surface area contributed by atoms with Crippen molar-refractivity contribution in [2.24, 2.45) is 5.73 Å². The Morgan fingerprint density at radius 2 is 2.06 bits per heavy atom. The summed E-state index contributed by atoms with van der Waals surface area (Å²) in [5.41, 5.74) is 11.9. The fourth-order valence-electron chi connectivity index (χ4n) is 2.26. The van der Waals surface area contributed by atoms with E-state index in [0.717, 1.165) is 13.1 Å². The van der Waals surface area contributed by atoms with Gasteiger partial charge in [-0.1, -0.05) is 13.8 Å². The molecule has 1 amide bonds. The van der Waals surface area contributed by atoms with Gasteiger partial charge in [0.05, 0.1) is 17.4 Å². The Morgan fingerprint density at radius 1 is 1.44 bits per heavy atom. The van der Waals surface area contributed by atoms with Crippen LogP contribution in [0.4, 0.5) is 11.5 Å². The number of amides is 1. The monoisotopic (exact) mass is 266 g/mol. The van der Waals surface area contributed by atoms with Crippen molar-refractivity contribution in [1.82, 2.24) is 4.98 Å². The van der Waals surface area contributed by atoms with Crippen LogP contribution in [0.15, 0.2) is 12.3 Å². The van der Waals surface area contributed by atoms with Crippen molar-refractivity contribution in [2.45, 2.75) is 24.3 Å². The predicted molar refractivity (Wildman–Crippen MR) is 75.9 cm³/mol. The summed E-state index contributed by atoms with van der Waals surface area (Å²) in [6, 6.07) is 1.60. The molecule has 1 saturated heterocycles. The van der Waals surface area contributed by atoms with Crippen LogP contribution in [-0.2, 0) is 0 Å². The molecule has 6 heteroatoms. The molecule has 0 saturated carbocycles. The Hall–Kier alpha value is -1.43. The van der Waals surface area contributed by atoms with Gasteiger partial charge in [0, 0.05) is 23.6 Å². The number of carbonyl (C=O) groups excluding carboxylic acids is 1. The fraction of sp³-hybridized carbons (Fsp3) is 0.500. The Labute approximate surface area is 111 Å². The molecule has 0 aliphatic carbocycles. The average Bonchev–Trinajstić information content (AvgIpc) is 2.27. The molecule has 1 aliphatic heterocycles. The summed E-state index contributed by atoms with van der Waals surface area (Å²) < 4.78 is 0. The minimum absolute atomic E-state index is 0.404. The third kappa shape index (κ3) is 2.69. The molecule has 1 aliphatic rings. The van der Waals surface area contributed by atoms with E-state index in [2.05, 4.69) is 23.7 Å². The van der Waals surface area contributed by atoms with Gasteiger partial charge < -0.3 is 16.4 Å². The van der Waals surface area contributed by atoms with Gasteiger partial charge in [-0.25, -0.2) is 4.98 Å². The number of pyridine rings is 1. The maximum absolute atomic E-state index is 11.5. The number of nitrogens with two attached hydrogens (primary N) is 2. The number of carbonyl (C=O) groups is 1. The molecule has 0 bridgehead atoms. The number of aromatic nitrogens is 1. The van der Waals surface area contributed by atoms with Gasteiger partial charge in [-0.15, -0.1) is 0 Å². The normalized spacial score (nSPS) is 24.0. The lowest BCUT2D eigenvalue weighted by atomic mass is 10.2. The number of hydrogen-bond acceptors (Lipinski definition) is 5. The van der Waals surface area contributed by atoms with E-state index in [-0.39, 0.29) is 0 Å². The van der Waals surface area contributed by atoms with E-state index in [1.54, 1.807) is 12.3 Å². The molecular formula is C12H18N4OS. The molecule has 2 rings (SSSR count). The predicted octanol–water partition coefficient (Wildman–Crippen LogP) is 1.09. The summed E-state index contributed by atoms with van der Waals surface area (Å²) >= 11 is 1.95. The quantitative estimate of drug-likeness (QED) is 0.837. The zero-order chi connectivity index (χ0) is 13.3. The van der Waals surface area contributed by atoms with Gasteiger partial charge in [-0.3, -0.25) is 4.79 Å². The first-order chi connectivity index (χ1) is 8.47. The van der Waals surface area contributed by atoms with Gasteiger partial charge in [0.25, 0.3) is 5.91 Å². The lowest BCUT2D eigenvalue weighted by Crippen LogP contribution is -2.41. The van der Waals surface area contributed by atoms with E-state index in [1.165, 1.54) is 0 Å². The summed E-state index contributed by atoms with van der Waals surface area (Å²) in [5, 5.41) is 1.02. The van der Waals surface area contributed by atoms with E-state index in [0.29, 0.717) is 27.6 Å². The highest BCUT2D eigenvalue weighted by Gasteiger charge is 2.26. The van der Waals surface area contributed by atoms with Crippen LogP contribution >= 0.6 is 11.8 Å². The molecule has 2 atom stereocenters. The van der Waals surface area contributed by atoms with Crippen LogP contribution in [-0.4, -0.2) is 34.5 Å². The second-order valence-electron chi connectivity index (χ2n) is 4.67. The molecule has 2 unspecified atom stereocenters. The Balaban J connectivity index is 2.35. The number of rotatable bonds is 2.